The molecule has 0 fully saturated rings. The van der Waals surface area contributed by atoms with E-state index < -0.39 is 22.2 Å². The summed E-state index contributed by atoms with van der Waals surface area (Å²) in [5, 5.41) is 2.62. The van der Waals surface area contributed by atoms with Crippen molar-refractivity contribution in [1.82, 2.24) is 5.32 Å². The zero-order valence-electron chi connectivity index (χ0n) is 6.89. The van der Waals surface area contributed by atoms with Crippen LogP contribution in [0, 0.1) is 0 Å². The third-order valence-corrected chi connectivity index (χ3v) is 2.09. The molecule has 0 saturated carbocycles. The first kappa shape index (κ1) is 12.7. The standard InChI is InChI=1S/C5H10F3NO3S/c1-2-9-3-4-12-13(10,11)5(6,7)8/h9H,2-4H2,1H3. The van der Waals surface area contributed by atoms with Crippen LogP contribution in [0.25, 0.3) is 0 Å². The Balaban J connectivity index is 3.92. The monoisotopic (exact) mass is 221 g/mol. The predicted molar refractivity (Wildman–Crippen MR) is 39.5 cm³/mol. The van der Waals surface area contributed by atoms with Crippen LogP contribution in [0.3, 0.4) is 0 Å². The average Bonchev–Trinajstić information content (AvgIpc) is 1.96. The first-order valence-corrected chi connectivity index (χ1v) is 4.88. The van der Waals surface area contributed by atoms with Crippen molar-refractivity contribution in [2.45, 2.75) is 12.4 Å². The van der Waals surface area contributed by atoms with Crippen molar-refractivity contribution in [3.8, 4) is 0 Å². The predicted octanol–water partition coefficient (Wildman–Crippen LogP) is 0.462. The Hall–Kier alpha value is -0.340. The third-order valence-electron chi connectivity index (χ3n) is 1.05. The van der Waals surface area contributed by atoms with E-state index in [0.717, 1.165) is 0 Å². The Kier molecular flexibility index (Phi) is 4.65. The summed E-state index contributed by atoms with van der Waals surface area (Å²) in [6, 6.07) is 0. The summed E-state index contributed by atoms with van der Waals surface area (Å²) in [7, 11) is -5.42. The lowest BCUT2D eigenvalue weighted by Gasteiger charge is -2.07. The number of likely N-dealkylation sites (N-methyl/N-ethyl adjacent to an activating group) is 1. The van der Waals surface area contributed by atoms with E-state index in [1.54, 1.807) is 6.92 Å². The maximum atomic E-state index is 11.6. The van der Waals surface area contributed by atoms with Crippen molar-refractivity contribution in [3.63, 3.8) is 0 Å². The molecule has 13 heavy (non-hydrogen) atoms. The van der Waals surface area contributed by atoms with E-state index in [1.807, 2.05) is 0 Å². The molecule has 0 amide bonds. The third kappa shape index (κ3) is 4.44. The molecule has 0 saturated heterocycles. The minimum atomic E-state index is -5.42. The van der Waals surface area contributed by atoms with Gasteiger partial charge < -0.3 is 5.32 Å². The summed E-state index contributed by atoms with van der Waals surface area (Å²) in [6.07, 6.45) is 0. The minimum Gasteiger partial charge on any atom is -0.315 e. The second-order valence-electron chi connectivity index (χ2n) is 2.08. The molecule has 0 atom stereocenters. The van der Waals surface area contributed by atoms with Crippen molar-refractivity contribution < 1.29 is 25.8 Å². The first-order valence-electron chi connectivity index (χ1n) is 3.47. The molecule has 0 aliphatic heterocycles. The van der Waals surface area contributed by atoms with Crippen LogP contribution in [0.4, 0.5) is 13.2 Å². The smallest absolute Gasteiger partial charge is 0.315 e. The lowest BCUT2D eigenvalue weighted by Crippen LogP contribution is -2.29. The van der Waals surface area contributed by atoms with Gasteiger partial charge in [-0.3, -0.25) is 4.18 Å². The van der Waals surface area contributed by atoms with Crippen LogP contribution in [0.1, 0.15) is 6.92 Å². The summed E-state index contributed by atoms with van der Waals surface area (Å²) in [5.41, 5.74) is -5.33. The Morgan fingerprint density at radius 3 is 2.31 bits per heavy atom. The molecule has 0 aliphatic rings. The van der Waals surface area contributed by atoms with E-state index in [4.69, 9.17) is 0 Å². The molecule has 1 N–H and O–H groups in total. The summed E-state index contributed by atoms with van der Waals surface area (Å²) in [4.78, 5) is 0. The van der Waals surface area contributed by atoms with Crippen molar-refractivity contribution in [3.05, 3.63) is 0 Å². The maximum Gasteiger partial charge on any atom is 0.523 e. The molecule has 0 radical (unpaired) electrons. The molecule has 8 heteroatoms. The summed E-state index contributed by atoms with van der Waals surface area (Å²) >= 11 is 0. The molecule has 0 unspecified atom stereocenters. The van der Waals surface area contributed by atoms with Gasteiger partial charge in [0.05, 0.1) is 6.61 Å². The first-order chi connectivity index (χ1) is 5.81. The summed E-state index contributed by atoms with van der Waals surface area (Å²) in [6.45, 7) is 1.81. The van der Waals surface area contributed by atoms with Crippen molar-refractivity contribution >= 4 is 10.1 Å². The van der Waals surface area contributed by atoms with E-state index in [1.165, 1.54) is 0 Å². The highest BCUT2D eigenvalue weighted by molar-refractivity contribution is 7.87. The van der Waals surface area contributed by atoms with Gasteiger partial charge >= 0.3 is 15.6 Å². The quantitative estimate of drug-likeness (QED) is 0.416. The normalized spacial score (nSPS) is 13.2. The number of hydrogen-bond donors (Lipinski definition) is 1. The zero-order chi connectivity index (χ0) is 10.5. The second-order valence-corrected chi connectivity index (χ2v) is 3.68. The molecule has 0 heterocycles. The van der Waals surface area contributed by atoms with Gasteiger partial charge in [-0.2, -0.15) is 21.6 Å². The largest absolute Gasteiger partial charge is 0.523 e. The molecule has 0 spiro atoms. The number of hydrogen-bond acceptors (Lipinski definition) is 4. The van der Waals surface area contributed by atoms with Gasteiger partial charge in [0, 0.05) is 6.54 Å². The molecule has 0 aromatic rings. The minimum absolute atomic E-state index is 0.0613. The van der Waals surface area contributed by atoms with Gasteiger partial charge in [-0.05, 0) is 6.54 Å². The van der Waals surface area contributed by atoms with Crippen molar-refractivity contribution in [2.24, 2.45) is 0 Å². The average molecular weight is 221 g/mol. The maximum absolute atomic E-state index is 11.6. The van der Waals surface area contributed by atoms with E-state index in [0.29, 0.717) is 6.54 Å². The highest BCUT2D eigenvalue weighted by atomic mass is 32.2. The van der Waals surface area contributed by atoms with Gasteiger partial charge in [0.2, 0.25) is 0 Å². The topological polar surface area (TPSA) is 55.4 Å². The van der Waals surface area contributed by atoms with Crippen LogP contribution in [0.2, 0.25) is 0 Å². The lowest BCUT2D eigenvalue weighted by molar-refractivity contribution is -0.0541. The molecule has 0 rings (SSSR count). The van der Waals surface area contributed by atoms with Gasteiger partial charge in [0.1, 0.15) is 0 Å². The van der Waals surface area contributed by atoms with Gasteiger partial charge in [0.15, 0.2) is 0 Å². The summed E-state index contributed by atoms with van der Waals surface area (Å²) < 4.78 is 59.0. The molecular weight excluding hydrogens is 211 g/mol. The van der Waals surface area contributed by atoms with Crippen LogP contribution in [-0.4, -0.2) is 33.6 Å². The number of rotatable bonds is 5. The van der Waals surface area contributed by atoms with E-state index in [2.05, 4.69) is 9.50 Å². The van der Waals surface area contributed by atoms with Crippen molar-refractivity contribution in [2.75, 3.05) is 19.7 Å². The lowest BCUT2D eigenvalue weighted by atomic mass is 10.6. The molecule has 0 bridgehead atoms. The Morgan fingerprint density at radius 1 is 1.38 bits per heavy atom. The fourth-order valence-corrected chi connectivity index (χ4v) is 0.904. The van der Waals surface area contributed by atoms with Crippen LogP contribution in [-0.2, 0) is 14.3 Å². The van der Waals surface area contributed by atoms with E-state index in [-0.39, 0.29) is 6.54 Å². The number of alkyl halides is 3. The summed E-state index contributed by atoms with van der Waals surface area (Å²) in [5.74, 6) is 0. The van der Waals surface area contributed by atoms with Crippen LogP contribution < -0.4 is 5.32 Å². The van der Waals surface area contributed by atoms with Crippen molar-refractivity contribution in [1.29, 1.82) is 0 Å². The van der Waals surface area contributed by atoms with E-state index in [9.17, 15) is 21.6 Å². The second kappa shape index (κ2) is 4.77. The fraction of sp³-hybridized carbons (Fsp3) is 1.00. The van der Waals surface area contributed by atoms with Crippen LogP contribution in [0.5, 0.6) is 0 Å². The Bertz CT molecular complexity index is 236. The Labute approximate surface area is 74.2 Å². The van der Waals surface area contributed by atoms with Gasteiger partial charge in [-0.25, -0.2) is 0 Å². The molecule has 0 aromatic carbocycles. The molecule has 4 nitrogen and oxygen atoms in total. The Morgan fingerprint density at radius 2 is 1.92 bits per heavy atom. The highest BCUT2D eigenvalue weighted by Gasteiger charge is 2.47. The zero-order valence-corrected chi connectivity index (χ0v) is 7.70. The van der Waals surface area contributed by atoms with Crippen LogP contribution in [0.15, 0.2) is 0 Å². The van der Waals surface area contributed by atoms with Gasteiger partial charge in [-0.15, -0.1) is 0 Å². The number of halogens is 3. The van der Waals surface area contributed by atoms with Gasteiger partial charge in [-0.1, -0.05) is 6.92 Å². The van der Waals surface area contributed by atoms with Gasteiger partial charge in [0.25, 0.3) is 0 Å². The fourth-order valence-electron chi connectivity index (χ4n) is 0.467. The SMILES string of the molecule is CCNCCOS(=O)(=O)C(F)(F)F. The van der Waals surface area contributed by atoms with Crippen LogP contribution >= 0.6 is 0 Å². The van der Waals surface area contributed by atoms with E-state index >= 15 is 0 Å². The molecular formula is C5H10F3NO3S. The highest BCUT2D eigenvalue weighted by Crippen LogP contribution is 2.24. The molecule has 0 aromatic heterocycles. The molecule has 0 aliphatic carbocycles. The molecule has 80 valence electrons. The number of nitrogens with one attached hydrogen (secondary N) is 1.